The highest BCUT2D eigenvalue weighted by Gasteiger charge is 2.41. The predicted molar refractivity (Wildman–Crippen MR) is 123 cm³/mol. The van der Waals surface area contributed by atoms with Gasteiger partial charge in [-0.3, -0.25) is 0 Å². The Labute approximate surface area is 205 Å². The van der Waals surface area contributed by atoms with E-state index in [0.717, 1.165) is 17.7 Å². The minimum absolute atomic E-state index is 0.0208. The maximum atomic E-state index is 13.2. The molecule has 182 valence electrons. The van der Waals surface area contributed by atoms with Crippen LogP contribution in [0.1, 0.15) is 22.6 Å². The Morgan fingerprint density at radius 1 is 1.12 bits per heavy atom. The van der Waals surface area contributed by atoms with E-state index in [1.54, 1.807) is 23.7 Å². The Balaban J connectivity index is 1.59. The highest BCUT2D eigenvalue weighted by atomic mass is 35.5. The minimum Gasteiger partial charge on any atom is -0.339 e. The molecule has 1 saturated heterocycles. The van der Waals surface area contributed by atoms with Gasteiger partial charge in [-0.2, -0.15) is 17.5 Å². The van der Waals surface area contributed by atoms with Gasteiger partial charge in [0, 0.05) is 54.9 Å². The van der Waals surface area contributed by atoms with E-state index in [2.05, 4.69) is 10.3 Å². The molecule has 2 unspecified atom stereocenters. The third kappa shape index (κ3) is 5.11. The summed E-state index contributed by atoms with van der Waals surface area (Å²) >= 11 is 12.5. The summed E-state index contributed by atoms with van der Waals surface area (Å²) in [5, 5.41) is 3.70. The first-order chi connectivity index (χ1) is 16.0. The molecule has 34 heavy (non-hydrogen) atoms. The maximum Gasteiger partial charge on any atom is 0.416 e. The van der Waals surface area contributed by atoms with Crippen LogP contribution >= 0.6 is 23.2 Å². The second-order valence-corrected chi connectivity index (χ2v) is 10.8. The fourth-order valence-corrected chi connectivity index (χ4v) is 6.01. The van der Waals surface area contributed by atoms with E-state index >= 15 is 0 Å². The molecule has 0 aliphatic carbocycles. The summed E-state index contributed by atoms with van der Waals surface area (Å²) in [6, 6.07) is 9.99. The van der Waals surface area contributed by atoms with Gasteiger partial charge in [0.15, 0.2) is 5.03 Å². The highest BCUT2D eigenvalue weighted by Crippen LogP contribution is 2.36. The number of aromatic nitrogens is 2. The third-order valence-electron chi connectivity index (χ3n) is 5.81. The lowest BCUT2D eigenvalue weighted by atomic mass is 9.94. The number of nitrogens with zero attached hydrogens (tertiary/aromatic N) is 3. The van der Waals surface area contributed by atoms with Crippen LogP contribution < -0.4 is 5.32 Å². The number of aryl methyl sites for hydroxylation is 1. The van der Waals surface area contributed by atoms with Crippen LogP contribution in [0.15, 0.2) is 60.0 Å². The van der Waals surface area contributed by atoms with Crippen molar-refractivity contribution in [3.05, 3.63) is 81.7 Å². The quantitative estimate of drug-likeness (QED) is 0.500. The van der Waals surface area contributed by atoms with Crippen LogP contribution in [0.25, 0.3) is 0 Å². The molecule has 1 aromatic heterocycles. The number of halogens is 5. The molecule has 1 fully saturated rings. The molecule has 3 aromatic rings. The Morgan fingerprint density at radius 2 is 1.85 bits per heavy atom. The number of sulfonamides is 1. The van der Waals surface area contributed by atoms with E-state index in [0.29, 0.717) is 10.6 Å². The zero-order valence-corrected chi connectivity index (χ0v) is 20.3. The average Bonchev–Trinajstić information content (AvgIpc) is 3.40. The molecule has 2 aromatic carbocycles. The summed E-state index contributed by atoms with van der Waals surface area (Å²) in [5.74, 6) is -0.291. The number of nitrogens with one attached hydrogen (secondary N) is 1. The van der Waals surface area contributed by atoms with Gasteiger partial charge in [-0.05, 0) is 29.3 Å². The van der Waals surface area contributed by atoms with Crippen molar-refractivity contribution in [2.45, 2.75) is 29.7 Å². The van der Waals surface area contributed by atoms with Crippen LogP contribution in [0.2, 0.25) is 10.0 Å². The molecule has 2 heterocycles. The average molecular weight is 533 g/mol. The molecule has 0 spiro atoms. The van der Waals surface area contributed by atoms with E-state index in [9.17, 15) is 21.6 Å². The summed E-state index contributed by atoms with van der Waals surface area (Å²) < 4.78 is 68.1. The van der Waals surface area contributed by atoms with Crippen LogP contribution in [0, 0.1) is 0 Å². The van der Waals surface area contributed by atoms with Crippen molar-refractivity contribution in [2.24, 2.45) is 7.05 Å². The van der Waals surface area contributed by atoms with Crippen molar-refractivity contribution in [3.63, 3.8) is 0 Å². The van der Waals surface area contributed by atoms with Gasteiger partial charge in [-0.15, -0.1) is 0 Å². The normalized spacial score (nSPS) is 19.6. The number of rotatable bonds is 6. The molecule has 0 amide bonds. The molecule has 2 atom stereocenters. The summed E-state index contributed by atoms with van der Waals surface area (Å²) in [6.07, 6.45) is -1.64. The molecule has 4 rings (SSSR count). The second-order valence-electron chi connectivity index (χ2n) is 8.12. The van der Waals surface area contributed by atoms with E-state index in [1.807, 2.05) is 12.1 Å². The number of hydrogen-bond donors (Lipinski definition) is 1. The van der Waals surface area contributed by atoms with Crippen molar-refractivity contribution in [2.75, 3.05) is 13.1 Å². The molecule has 0 bridgehead atoms. The zero-order valence-electron chi connectivity index (χ0n) is 17.9. The first kappa shape index (κ1) is 25.0. The Morgan fingerprint density at radius 3 is 2.47 bits per heavy atom. The highest BCUT2D eigenvalue weighted by molar-refractivity contribution is 7.89. The summed E-state index contributed by atoms with van der Waals surface area (Å²) in [7, 11) is -2.17. The molecule has 0 saturated carbocycles. The Bertz CT molecular complexity index is 1300. The predicted octanol–water partition coefficient (Wildman–Crippen LogP) is 4.69. The fraction of sp³-hybridized carbons (Fsp3) is 0.318. The minimum atomic E-state index is -4.49. The zero-order chi connectivity index (χ0) is 24.7. The third-order valence-corrected chi connectivity index (χ3v) is 8.22. The molecule has 6 nitrogen and oxygen atoms in total. The van der Waals surface area contributed by atoms with Gasteiger partial charge in [0.1, 0.15) is 0 Å². The first-order valence-corrected chi connectivity index (χ1v) is 12.5. The van der Waals surface area contributed by atoms with Gasteiger partial charge in [0.25, 0.3) is 10.0 Å². The van der Waals surface area contributed by atoms with E-state index in [1.165, 1.54) is 22.9 Å². The van der Waals surface area contributed by atoms with Crippen LogP contribution in [-0.2, 0) is 29.8 Å². The van der Waals surface area contributed by atoms with Gasteiger partial charge >= 0.3 is 6.18 Å². The molecular weight excluding hydrogens is 512 g/mol. The summed E-state index contributed by atoms with van der Waals surface area (Å²) in [4.78, 5) is 3.98. The van der Waals surface area contributed by atoms with Crippen LogP contribution in [0.3, 0.4) is 0 Å². The topological polar surface area (TPSA) is 67.2 Å². The number of imidazole rings is 1. The molecule has 1 aliphatic heterocycles. The second kappa shape index (κ2) is 9.50. The number of alkyl halides is 3. The van der Waals surface area contributed by atoms with Crippen molar-refractivity contribution in [1.29, 1.82) is 0 Å². The molecule has 1 aliphatic rings. The van der Waals surface area contributed by atoms with Crippen molar-refractivity contribution < 1.29 is 21.6 Å². The Kier molecular flexibility index (Phi) is 6.99. The lowest BCUT2D eigenvalue weighted by molar-refractivity contribution is -0.137. The van der Waals surface area contributed by atoms with Gasteiger partial charge in [0.05, 0.1) is 11.9 Å². The van der Waals surface area contributed by atoms with E-state index < -0.39 is 21.8 Å². The molecule has 0 radical (unpaired) electrons. The van der Waals surface area contributed by atoms with Crippen molar-refractivity contribution in [1.82, 2.24) is 19.2 Å². The molecule has 12 heteroatoms. The van der Waals surface area contributed by atoms with Crippen LogP contribution in [-0.4, -0.2) is 41.4 Å². The van der Waals surface area contributed by atoms with E-state index in [4.69, 9.17) is 23.2 Å². The lowest BCUT2D eigenvalue weighted by Crippen LogP contribution is -2.36. The SMILES string of the molecule is Cn1cnc(S(=O)(=O)N2CC(NCc3ccc(C(F)(F)F)cc3Cl)C(c3ccccc3Cl)C2)c1. The Hall–Kier alpha value is -2.11. The first-order valence-electron chi connectivity index (χ1n) is 10.3. The smallest absolute Gasteiger partial charge is 0.339 e. The monoisotopic (exact) mass is 532 g/mol. The van der Waals surface area contributed by atoms with Gasteiger partial charge in [0.2, 0.25) is 0 Å². The lowest BCUT2D eigenvalue weighted by Gasteiger charge is -2.21. The van der Waals surface area contributed by atoms with Gasteiger partial charge in [-0.25, -0.2) is 13.4 Å². The standard InChI is InChI=1S/C22H21Cl2F3N4O2S/c1-30-12-21(29-13-30)34(32,33)31-10-17(16-4-2-3-5-18(16)23)20(11-31)28-9-14-6-7-15(8-19(14)24)22(25,26)27/h2-8,12-13,17,20,28H,9-11H2,1H3. The van der Waals surface area contributed by atoms with Crippen molar-refractivity contribution in [3.8, 4) is 0 Å². The fourth-order valence-electron chi connectivity index (χ4n) is 4.02. The van der Waals surface area contributed by atoms with Crippen molar-refractivity contribution >= 4 is 33.2 Å². The largest absolute Gasteiger partial charge is 0.416 e. The van der Waals surface area contributed by atoms with E-state index in [-0.39, 0.29) is 41.6 Å². The number of hydrogen-bond acceptors (Lipinski definition) is 4. The number of benzene rings is 2. The molecular formula is C22H21Cl2F3N4O2S. The van der Waals surface area contributed by atoms with Gasteiger partial charge in [-0.1, -0.05) is 47.5 Å². The van der Waals surface area contributed by atoms with Crippen LogP contribution in [0.5, 0.6) is 0 Å². The molecule has 1 N–H and O–H groups in total. The summed E-state index contributed by atoms with van der Waals surface area (Å²) in [6.45, 7) is 0.453. The summed E-state index contributed by atoms with van der Waals surface area (Å²) in [5.41, 5.74) is 0.418. The van der Waals surface area contributed by atoms with Gasteiger partial charge < -0.3 is 9.88 Å². The maximum absolute atomic E-state index is 13.2. The van der Waals surface area contributed by atoms with Crippen LogP contribution in [0.4, 0.5) is 13.2 Å².